The molecular weight excluding hydrogens is 633 g/mol. The molecule has 18 heteroatoms. The van der Waals surface area contributed by atoms with Gasteiger partial charge in [0.05, 0.1) is 6.61 Å². The van der Waals surface area contributed by atoms with Gasteiger partial charge in [0.25, 0.3) is 0 Å². The van der Waals surface area contributed by atoms with Crippen LogP contribution in [0, 0.1) is 0 Å². The Balaban J connectivity index is 1.83. The standard InChI is InChI=1S/C25H29O15P3/c26-24-23(40-43(33,34)35)22(39-42(30,31)32)21(38-41(27,28)29)20(37-24)16-36-25(17-10-4-1-5-11-17,18-12-6-2-7-13-18)19-14-8-3-9-15-19/h1-15,20-24,26H,16H2,(H2,27,28,29)(H2,30,31,32)(H2,33,34,35)/t20-,21+,22-,23+,24-/m0/s1. The lowest BCUT2D eigenvalue weighted by Gasteiger charge is -2.45. The van der Waals surface area contributed by atoms with Crippen molar-refractivity contribution in [2.24, 2.45) is 0 Å². The minimum Gasteiger partial charge on any atom is -0.366 e. The number of rotatable bonds is 12. The van der Waals surface area contributed by atoms with Crippen molar-refractivity contribution in [2.75, 3.05) is 6.61 Å². The van der Waals surface area contributed by atoms with E-state index in [-0.39, 0.29) is 0 Å². The summed E-state index contributed by atoms with van der Waals surface area (Å²) in [5.41, 5.74) is 0.370. The number of hydrogen-bond donors (Lipinski definition) is 7. The molecular formula is C25H29O15P3. The molecule has 0 aromatic heterocycles. The predicted octanol–water partition coefficient (Wildman–Crippen LogP) is 2.15. The summed E-state index contributed by atoms with van der Waals surface area (Å²) in [6.07, 6.45) is -11.0. The summed E-state index contributed by atoms with van der Waals surface area (Å²) in [7, 11) is -16.6. The van der Waals surface area contributed by atoms with Gasteiger partial charge < -0.3 is 43.9 Å². The molecule has 0 unspecified atom stereocenters. The Morgan fingerprint density at radius 1 is 0.581 bits per heavy atom. The minimum atomic E-state index is -5.56. The number of phosphoric acid groups is 3. The van der Waals surface area contributed by atoms with E-state index in [4.69, 9.17) is 14.0 Å². The fourth-order valence-electron chi connectivity index (χ4n) is 4.84. The van der Waals surface area contributed by atoms with Crippen molar-refractivity contribution >= 4 is 23.5 Å². The van der Waals surface area contributed by atoms with Gasteiger partial charge in [-0.15, -0.1) is 0 Å². The zero-order valence-corrected chi connectivity index (χ0v) is 24.7. The third-order valence-corrected chi connectivity index (χ3v) is 7.95. The molecule has 4 rings (SSSR count). The molecule has 1 fully saturated rings. The lowest BCUT2D eigenvalue weighted by Crippen LogP contribution is -2.61. The molecule has 1 saturated heterocycles. The van der Waals surface area contributed by atoms with Crippen LogP contribution < -0.4 is 0 Å². The van der Waals surface area contributed by atoms with Crippen molar-refractivity contribution in [3.05, 3.63) is 108 Å². The fraction of sp³-hybridized carbons (Fsp3) is 0.280. The van der Waals surface area contributed by atoms with Gasteiger partial charge in [-0.1, -0.05) is 91.0 Å². The Hall–Kier alpha value is -2.13. The molecule has 234 valence electrons. The first-order valence-electron chi connectivity index (χ1n) is 12.4. The molecule has 15 nitrogen and oxygen atoms in total. The van der Waals surface area contributed by atoms with E-state index in [1.807, 2.05) is 0 Å². The Morgan fingerprint density at radius 3 is 1.30 bits per heavy atom. The Bertz CT molecular complexity index is 1380. The van der Waals surface area contributed by atoms with E-state index >= 15 is 0 Å². The van der Waals surface area contributed by atoms with Crippen LogP contribution in [0.4, 0.5) is 0 Å². The maximum atomic E-state index is 12.0. The highest BCUT2D eigenvalue weighted by molar-refractivity contribution is 7.47. The molecule has 0 amide bonds. The minimum absolute atomic E-state index is 0.599. The molecule has 0 spiro atoms. The second-order valence-corrected chi connectivity index (χ2v) is 12.9. The van der Waals surface area contributed by atoms with Crippen molar-refractivity contribution < 1.29 is 71.2 Å². The highest BCUT2D eigenvalue weighted by atomic mass is 31.2. The van der Waals surface area contributed by atoms with Crippen molar-refractivity contribution in [1.82, 2.24) is 0 Å². The summed E-state index contributed by atoms with van der Waals surface area (Å²) >= 11 is 0. The van der Waals surface area contributed by atoms with Gasteiger partial charge in [-0.25, -0.2) is 13.7 Å². The van der Waals surface area contributed by atoms with E-state index in [2.05, 4.69) is 9.05 Å². The van der Waals surface area contributed by atoms with Crippen LogP contribution in [-0.4, -0.2) is 71.8 Å². The second kappa shape index (κ2) is 13.5. The molecule has 43 heavy (non-hydrogen) atoms. The number of ether oxygens (including phenoxy) is 2. The van der Waals surface area contributed by atoms with Gasteiger partial charge in [0.15, 0.2) is 6.29 Å². The predicted molar refractivity (Wildman–Crippen MR) is 147 cm³/mol. The van der Waals surface area contributed by atoms with Crippen molar-refractivity contribution in [3.63, 3.8) is 0 Å². The molecule has 1 aliphatic heterocycles. The summed E-state index contributed by atoms with van der Waals surface area (Å²) in [6.45, 7) is -0.677. The van der Waals surface area contributed by atoms with Crippen LogP contribution in [0.25, 0.3) is 0 Å². The Morgan fingerprint density at radius 2 is 0.930 bits per heavy atom. The van der Waals surface area contributed by atoms with Crippen LogP contribution in [0.1, 0.15) is 16.7 Å². The van der Waals surface area contributed by atoms with E-state index in [1.165, 1.54) is 0 Å². The molecule has 0 aliphatic carbocycles. The SMILES string of the molecule is O=P(O)(O)O[C@@H]1[C@@H](OP(=O)(O)O)[C@@H](O)O[C@@H](COC(c2ccccc2)(c2ccccc2)c2ccccc2)[C@H]1OP(=O)(O)O. The summed E-state index contributed by atoms with van der Waals surface area (Å²) in [6, 6.07) is 26.5. The van der Waals surface area contributed by atoms with Gasteiger partial charge >= 0.3 is 23.5 Å². The number of phosphoric ester groups is 3. The zero-order valence-electron chi connectivity index (χ0n) is 22.0. The lowest BCUT2D eigenvalue weighted by molar-refractivity contribution is -0.282. The number of aliphatic hydroxyl groups excluding tert-OH is 1. The van der Waals surface area contributed by atoms with Crippen LogP contribution in [-0.2, 0) is 42.3 Å². The molecule has 0 radical (unpaired) electrons. The number of aliphatic hydroxyl groups is 1. The smallest absolute Gasteiger partial charge is 0.366 e. The number of hydrogen-bond acceptors (Lipinski definition) is 9. The summed E-state index contributed by atoms with van der Waals surface area (Å²) in [5, 5.41) is 10.6. The largest absolute Gasteiger partial charge is 0.470 e. The molecule has 1 aliphatic rings. The molecule has 3 aromatic rings. The first-order valence-corrected chi connectivity index (χ1v) is 17.0. The quantitative estimate of drug-likeness (QED) is 0.109. The molecule has 0 saturated carbocycles. The normalized spacial score (nSPS) is 23.7. The van der Waals surface area contributed by atoms with Crippen molar-refractivity contribution in [2.45, 2.75) is 36.3 Å². The summed E-state index contributed by atoms with van der Waals surface area (Å²) in [4.78, 5) is 57.0. The average Bonchev–Trinajstić information content (AvgIpc) is 2.93. The first kappa shape index (κ1) is 33.8. The molecule has 3 aromatic carbocycles. The Kier molecular flexibility index (Phi) is 10.6. The molecule has 7 N–H and O–H groups in total. The second-order valence-electron chi connectivity index (χ2n) is 9.34. The van der Waals surface area contributed by atoms with Gasteiger partial charge in [0.2, 0.25) is 0 Å². The maximum Gasteiger partial charge on any atom is 0.470 e. The van der Waals surface area contributed by atoms with Gasteiger partial charge in [-0.05, 0) is 16.7 Å². The van der Waals surface area contributed by atoms with Crippen molar-refractivity contribution in [1.29, 1.82) is 0 Å². The van der Waals surface area contributed by atoms with Gasteiger partial charge in [-0.3, -0.25) is 13.6 Å². The van der Waals surface area contributed by atoms with Crippen LogP contribution in [0.3, 0.4) is 0 Å². The van der Waals surface area contributed by atoms with Gasteiger partial charge in [0, 0.05) is 0 Å². The zero-order chi connectivity index (χ0) is 31.5. The highest BCUT2D eigenvalue weighted by Gasteiger charge is 2.54. The number of benzene rings is 3. The molecule has 5 atom stereocenters. The topological polar surface area (TPSA) is 239 Å². The van der Waals surface area contributed by atoms with Gasteiger partial charge in [0.1, 0.15) is 30.0 Å². The monoisotopic (exact) mass is 662 g/mol. The maximum absolute atomic E-state index is 12.0. The summed E-state index contributed by atoms with van der Waals surface area (Å²) < 4.78 is 61.2. The summed E-state index contributed by atoms with van der Waals surface area (Å²) in [5.74, 6) is 0. The van der Waals surface area contributed by atoms with E-state index < -0.39 is 66.4 Å². The Labute approximate surface area is 245 Å². The van der Waals surface area contributed by atoms with E-state index in [0.717, 1.165) is 0 Å². The van der Waals surface area contributed by atoms with Crippen molar-refractivity contribution in [3.8, 4) is 0 Å². The van der Waals surface area contributed by atoms with E-state index in [0.29, 0.717) is 16.7 Å². The molecule has 1 heterocycles. The van der Waals surface area contributed by atoms with Crippen LogP contribution in [0.2, 0.25) is 0 Å². The van der Waals surface area contributed by atoms with Crippen LogP contribution >= 0.6 is 23.5 Å². The fourth-order valence-corrected chi connectivity index (χ4v) is 6.51. The lowest BCUT2D eigenvalue weighted by atomic mass is 9.80. The van der Waals surface area contributed by atoms with Crippen LogP contribution in [0.5, 0.6) is 0 Å². The first-order chi connectivity index (χ1) is 20.1. The van der Waals surface area contributed by atoms with E-state index in [9.17, 15) is 48.2 Å². The van der Waals surface area contributed by atoms with Gasteiger partial charge in [-0.2, -0.15) is 0 Å². The van der Waals surface area contributed by atoms with E-state index in [1.54, 1.807) is 91.0 Å². The molecule has 0 bridgehead atoms. The van der Waals surface area contributed by atoms with Crippen LogP contribution in [0.15, 0.2) is 91.0 Å². The third-order valence-electron chi connectivity index (χ3n) is 6.39. The highest BCUT2D eigenvalue weighted by Crippen LogP contribution is 2.50. The third kappa shape index (κ3) is 8.74. The average molecular weight is 662 g/mol.